The fourth-order valence-electron chi connectivity index (χ4n) is 3.20. The lowest BCUT2D eigenvalue weighted by atomic mass is 9.76. The molecule has 0 radical (unpaired) electrons. The minimum absolute atomic E-state index is 0.127. The molecule has 1 heterocycles. The molecular weight excluding hydrogens is 282 g/mol. The lowest BCUT2D eigenvalue weighted by Gasteiger charge is -2.39. The Hall–Kier alpha value is -1.10. The standard InChI is InChI=1S/C16H21F4N/c1-11(2)15(8-4-3-5-9-21-15)12-6-7-14(17)13(10-12)16(18,19)20/h6-7,10-11,21H,3-5,8-9H2,1-2H3. The van der Waals surface area contributed by atoms with Crippen LogP contribution in [0.15, 0.2) is 18.2 Å². The van der Waals surface area contributed by atoms with Gasteiger partial charge in [0.25, 0.3) is 0 Å². The maximum atomic E-state index is 13.5. The molecule has 1 saturated heterocycles. The Morgan fingerprint density at radius 2 is 1.86 bits per heavy atom. The van der Waals surface area contributed by atoms with Gasteiger partial charge in [0.05, 0.1) is 5.56 Å². The highest BCUT2D eigenvalue weighted by molar-refractivity contribution is 5.33. The minimum Gasteiger partial charge on any atom is -0.307 e. The number of halogens is 4. The molecule has 21 heavy (non-hydrogen) atoms. The summed E-state index contributed by atoms with van der Waals surface area (Å²) in [5, 5.41) is 3.42. The second-order valence-corrected chi connectivity index (χ2v) is 6.06. The van der Waals surface area contributed by atoms with Gasteiger partial charge in [-0.25, -0.2) is 4.39 Å². The van der Waals surface area contributed by atoms with Gasteiger partial charge in [-0.1, -0.05) is 32.8 Å². The third kappa shape index (κ3) is 3.23. The Kier molecular flexibility index (Phi) is 4.61. The Balaban J connectivity index is 2.51. The number of alkyl halides is 3. The van der Waals surface area contributed by atoms with Crippen molar-refractivity contribution in [2.45, 2.75) is 51.2 Å². The Bertz CT molecular complexity index is 486. The van der Waals surface area contributed by atoms with Gasteiger partial charge in [0, 0.05) is 5.54 Å². The zero-order valence-corrected chi connectivity index (χ0v) is 12.4. The Morgan fingerprint density at radius 3 is 2.48 bits per heavy atom. The SMILES string of the molecule is CC(C)C1(c2ccc(F)c(C(F)(F)F)c2)CCCCCN1. The van der Waals surface area contributed by atoms with Crippen LogP contribution in [0.25, 0.3) is 0 Å². The minimum atomic E-state index is -4.66. The van der Waals surface area contributed by atoms with Crippen LogP contribution in [-0.2, 0) is 11.7 Å². The molecule has 0 aliphatic carbocycles. The molecule has 0 bridgehead atoms. The summed E-state index contributed by atoms with van der Waals surface area (Å²) < 4.78 is 52.3. The molecular formula is C16H21F4N. The number of hydrogen-bond donors (Lipinski definition) is 1. The molecule has 2 rings (SSSR count). The van der Waals surface area contributed by atoms with Crippen LogP contribution in [0.1, 0.15) is 50.7 Å². The largest absolute Gasteiger partial charge is 0.419 e. The lowest BCUT2D eigenvalue weighted by Crippen LogP contribution is -2.46. The Labute approximate surface area is 122 Å². The summed E-state index contributed by atoms with van der Waals surface area (Å²) in [6, 6.07) is 3.41. The number of hydrogen-bond acceptors (Lipinski definition) is 1. The molecule has 1 nitrogen and oxygen atoms in total. The molecule has 1 aromatic rings. The van der Waals surface area contributed by atoms with Crippen molar-refractivity contribution < 1.29 is 17.6 Å². The van der Waals surface area contributed by atoms with Gasteiger partial charge >= 0.3 is 6.18 Å². The predicted octanol–water partition coefficient (Wildman–Crippen LogP) is 4.86. The molecule has 0 amide bonds. The first-order valence-corrected chi connectivity index (χ1v) is 7.39. The van der Waals surface area contributed by atoms with Gasteiger partial charge in [0.15, 0.2) is 0 Å². The van der Waals surface area contributed by atoms with Gasteiger partial charge in [0.2, 0.25) is 0 Å². The molecule has 1 N–H and O–H groups in total. The highest BCUT2D eigenvalue weighted by Gasteiger charge is 2.39. The zero-order valence-electron chi connectivity index (χ0n) is 12.4. The van der Waals surface area contributed by atoms with Crippen molar-refractivity contribution in [2.24, 2.45) is 5.92 Å². The van der Waals surface area contributed by atoms with Crippen LogP contribution < -0.4 is 5.32 Å². The van der Waals surface area contributed by atoms with Crippen LogP contribution in [0.5, 0.6) is 0 Å². The first kappa shape index (κ1) is 16.3. The van der Waals surface area contributed by atoms with Crippen molar-refractivity contribution >= 4 is 0 Å². The zero-order chi connectivity index (χ0) is 15.7. The smallest absolute Gasteiger partial charge is 0.307 e. The van der Waals surface area contributed by atoms with E-state index < -0.39 is 23.1 Å². The van der Waals surface area contributed by atoms with E-state index in [9.17, 15) is 17.6 Å². The fraction of sp³-hybridized carbons (Fsp3) is 0.625. The van der Waals surface area contributed by atoms with E-state index in [4.69, 9.17) is 0 Å². The van der Waals surface area contributed by atoms with Crippen LogP contribution in [-0.4, -0.2) is 6.54 Å². The molecule has 5 heteroatoms. The molecule has 118 valence electrons. The van der Waals surface area contributed by atoms with E-state index >= 15 is 0 Å². The third-order valence-corrected chi connectivity index (χ3v) is 4.46. The van der Waals surface area contributed by atoms with E-state index in [1.807, 2.05) is 13.8 Å². The average molecular weight is 303 g/mol. The molecule has 1 fully saturated rings. The average Bonchev–Trinajstić information content (AvgIpc) is 2.64. The molecule has 1 aromatic carbocycles. The van der Waals surface area contributed by atoms with Crippen LogP contribution >= 0.6 is 0 Å². The topological polar surface area (TPSA) is 12.0 Å². The van der Waals surface area contributed by atoms with E-state index in [1.165, 1.54) is 6.07 Å². The van der Waals surface area contributed by atoms with Crippen molar-refractivity contribution in [1.82, 2.24) is 5.32 Å². The van der Waals surface area contributed by atoms with Crippen molar-refractivity contribution in [3.63, 3.8) is 0 Å². The second-order valence-electron chi connectivity index (χ2n) is 6.06. The van der Waals surface area contributed by atoms with Crippen LogP contribution in [0.4, 0.5) is 17.6 Å². The van der Waals surface area contributed by atoms with Crippen LogP contribution in [0, 0.1) is 11.7 Å². The molecule has 0 spiro atoms. The molecule has 1 unspecified atom stereocenters. The first-order valence-electron chi connectivity index (χ1n) is 7.39. The second kappa shape index (κ2) is 5.95. The van der Waals surface area contributed by atoms with Gasteiger partial charge < -0.3 is 5.32 Å². The summed E-state index contributed by atoms with van der Waals surface area (Å²) in [5.41, 5.74) is -1.15. The number of benzene rings is 1. The summed E-state index contributed by atoms with van der Waals surface area (Å²) in [5.74, 6) is -1.08. The monoisotopic (exact) mass is 303 g/mol. The van der Waals surface area contributed by atoms with E-state index in [2.05, 4.69) is 5.32 Å². The van der Waals surface area contributed by atoms with Crippen molar-refractivity contribution in [1.29, 1.82) is 0 Å². The van der Waals surface area contributed by atoms with Gasteiger partial charge in [0.1, 0.15) is 5.82 Å². The summed E-state index contributed by atoms with van der Waals surface area (Å²) in [4.78, 5) is 0. The van der Waals surface area contributed by atoms with Crippen molar-refractivity contribution in [3.05, 3.63) is 35.1 Å². The van der Waals surface area contributed by atoms with Gasteiger partial charge in [-0.15, -0.1) is 0 Å². The Morgan fingerprint density at radius 1 is 1.14 bits per heavy atom. The maximum Gasteiger partial charge on any atom is 0.419 e. The highest BCUT2D eigenvalue weighted by Crippen LogP contribution is 2.40. The van der Waals surface area contributed by atoms with Crippen LogP contribution in [0.2, 0.25) is 0 Å². The molecule has 0 aromatic heterocycles. The fourth-order valence-corrected chi connectivity index (χ4v) is 3.20. The van der Waals surface area contributed by atoms with Crippen LogP contribution in [0.3, 0.4) is 0 Å². The third-order valence-electron chi connectivity index (χ3n) is 4.46. The summed E-state index contributed by atoms with van der Waals surface area (Å²) in [6.45, 7) is 4.76. The number of rotatable bonds is 2. The summed E-state index contributed by atoms with van der Waals surface area (Å²) in [7, 11) is 0. The van der Waals surface area contributed by atoms with E-state index in [-0.39, 0.29) is 5.92 Å². The molecule has 0 saturated carbocycles. The van der Waals surface area contributed by atoms with E-state index in [0.29, 0.717) is 5.56 Å². The van der Waals surface area contributed by atoms with Gasteiger partial charge in [-0.05, 0) is 43.0 Å². The lowest BCUT2D eigenvalue weighted by molar-refractivity contribution is -0.140. The highest BCUT2D eigenvalue weighted by atomic mass is 19.4. The normalized spacial score (nSPS) is 24.1. The summed E-state index contributed by atoms with van der Waals surface area (Å²) >= 11 is 0. The predicted molar refractivity (Wildman–Crippen MR) is 74.4 cm³/mol. The first-order chi connectivity index (χ1) is 9.77. The summed E-state index contributed by atoms with van der Waals surface area (Å²) in [6.07, 6.45) is -0.850. The van der Waals surface area contributed by atoms with E-state index in [1.54, 1.807) is 0 Å². The maximum absolute atomic E-state index is 13.5. The molecule has 1 aliphatic heterocycles. The number of nitrogens with one attached hydrogen (secondary N) is 1. The molecule has 1 aliphatic rings. The van der Waals surface area contributed by atoms with Crippen molar-refractivity contribution in [3.8, 4) is 0 Å². The van der Waals surface area contributed by atoms with Gasteiger partial charge in [-0.2, -0.15) is 13.2 Å². The molecule has 1 atom stereocenters. The van der Waals surface area contributed by atoms with Crippen molar-refractivity contribution in [2.75, 3.05) is 6.54 Å². The van der Waals surface area contributed by atoms with Gasteiger partial charge in [-0.3, -0.25) is 0 Å². The van der Waals surface area contributed by atoms with E-state index in [0.717, 1.165) is 44.4 Å². The quantitative estimate of drug-likeness (QED) is 0.769.